The van der Waals surface area contributed by atoms with Crippen molar-refractivity contribution >= 4 is 46.3 Å². The second kappa shape index (κ2) is 8.90. The van der Waals surface area contributed by atoms with Gasteiger partial charge in [0, 0.05) is 33.6 Å². The van der Waals surface area contributed by atoms with Crippen molar-refractivity contribution in [2.75, 3.05) is 5.32 Å². The number of carbonyl (C=O) groups is 1. The lowest BCUT2D eigenvalue weighted by molar-refractivity contribution is 0.0697. The van der Waals surface area contributed by atoms with Gasteiger partial charge in [0.15, 0.2) is 0 Å². The van der Waals surface area contributed by atoms with Gasteiger partial charge in [-0.1, -0.05) is 31.2 Å². The Bertz CT molecular complexity index is 1320. The van der Waals surface area contributed by atoms with E-state index in [4.69, 9.17) is 26.7 Å². The number of benzene rings is 2. The number of nitrogens with zero attached hydrogens (tertiary/aromatic N) is 3. The van der Waals surface area contributed by atoms with Crippen LogP contribution in [0, 0.1) is 0 Å². The maximum absolute atomic E-state index is 11.1. The zero-order chi connectivity index (χ0) is 21.4. The van der Waals surface area contributed by atoms with Crippen molar-refractivity contribution < 1.29 is 9.90 Å². The molecule has 0 radical (unpaired) electrons. The third-order valence-corrected chi connectivity index (χ3v) is 6.02. The summed E-state index contributed by atoms with van der Waals surface area (Å²) in [5.74, 6) is -0.549. The average Bonchev–Trinajstić information content (AvgIpc) is 3.25. The van der Waals surface area contributed by atoms with Crippen LogP contribution in [0.5, 0.6) is 0 Å². The fourth-order valence-electron chi connectivity index (χ4n) is 3.43. The van der Waals surface area contributed by atoms with Gasteiger partial charge < -0.3 is 10.4 Å². The summed E-state index contributed by atoms with van der Waals surface area (Å²) in [5.41, 5.74) is 5.40. The van der Waals surface area contributed by atoms with E-state index in [1.807, 2.05) is 35.7 Å². The zero-order valence-corrected chi connectivity index (χ0v) is 17.6. The van der Waals surface area contributed by atoms with Crippen LogP contribution in [0.3, 0.4) is 0 Å². The smallest absolute Gasteiger partial charge is 0.335 e. The van der Waals surface area contributed by atoms with Crippen molar-refractivity contribution in [2.45, 2.75) is 14.0 Å². The maximum Gasteiger partial charge on any atom is 0.335 e. The highest BCUT2D eigenvalue weighted by molar-refractivity contribution is 7.12. The van der Waals surface area contributed by atoms with Gasteiger partial charge in [-0.05, 0) is 47.8 Å². The summed E-state index contributed by atoms with van der Waals surface area (Å²) in [5, 5.41) is 14.9. The summed E-state index contributed by atoms with van der Waals surface area (Å²) in [7, 11) is 0. The minimum absolute atomic E-state index is 0. The van der Waals surface area contributed by atoms with Crippen LogP contribution in [-0.2, 0) is 6.54 Å². The molecule has 0 saturated carbocycles. The van der Waals surface area contributed by atoms with E-state index in [0.29, 0.717) is 23.2 Å². The van der Waals surface area contributed by atoms with Crippen molar-refractivity contribution in [3.8, 4) is 11.3 Å². The Morgan fingerprint density at radius 1 is 1.09 bits per heavy atom. The molecule has 0 fully saturated rings. The van der Waals surface area contributed by atoms with E-state index in [0.717, 1.165) is 33.0 Å². The number of aliphatic imine (C=N–C) groups is 1. The first-order valence-electron chi connectivity index (χ1n) is 9.43. The summed E-state index contributed by atoms with van der Waals surface area (Å²) in [4.78, 5) is 26.2. The molecule has 0 amide bonds. The van der Waals surface area contributed by atoms with E-state index in [-0.39, 0.29) is 13.0 Å². The van der Waals surface area contributed by atoms with Crippen molar-refractivity contribution in [3.05, 3.63) is 92.8 Å². The molecular weight excluding hydrogens is 444 g/mol. The van der Waals surface area contributed by atoms with Gasteiger partial charge in [0.05, 0.1) is 28.4 Å². The summed E-state index contributed by atoms with van der Waals surface area (Å²) in [6.45, 7) is 0.461. The number of hydrogen-bond acceptors (Lipinski definition) is 6. The first kappa shape index (κ1) is 21.7. The third-order valence-electron chi connectivity index (χ3n) is 4.91. The molecule has 2 N–H and O–H groups in total. The predicted octanol–water partition coefficient (Wildman–Crippen LogP) is 6.29. The Labute approximate surface area is 194 Å². The fourth-order valence-corrected chi connectivity index (χ4v) is 4.35. The number of halogens is 1. The van der Waals surface area contributed by atoms with E-state index in [1.54, 1.807) is 29.7 Å². The number of hydrogen-bond donors (Lipinski definition) is 2. The molecule has 32 heavy (non-hydrogen) atoms. The normalized spacial score (nSPS) is 12.0. The molecule has 0 spiro atoms. The van der Waals surface area contributed by atoms with E-state index in [1.165, 1.54) is 12.1 Å². The standard InChI is InChI=1S/C23H15ClN4O2S.CH4/c24-15-5-8-17-18(10-15)21(19-2-1-9-31-19)25-11-14-12-26-23(28-20(14)17)27-16-6-3-13(4-7-16)22(29)30;/h1-10,12H,11H2,(H,29,30)(H,26,27,28);1H4. The lowest BCUT2D eigenvalue weighted by Crippen LogP contribution is -2.04. The van der Waals surface area contributed by atoms with E-state index in [2.05, 4.69) is 10.3 Å². The van der Waals surface area contributed by atoms with Gasteiger partial charge in [-0.3, -0.25) is 4.99 Å². The highest BCUT2D eigenvalue weighted by atomic mass is 35.5. The first-order valence-corrected chi connectivity index (χ1v) is 10.7. The predicted molar refractivity (Wildman–Crippen MR) is 130 cm³/mol. The van der Waals surface area contributed by atoms with Crippen LogP contribution in [0.15, 0.2) is 71.2 Å². The van der Waals surface area contributed by atoms with Gasteiger partial charge in [-0.2, -0.15) is 0 Å². The second-order valence-corrected chi connectivity index (χ2v) is 8.29. The second-order valence-electron chi connectivity index (χ2n) is 6.91. The minimum Gasteiger partial charge on any atom is -0.478 e. The molecule has 4 aromatic rings. The molecule has 0 saturated heterocycles. The van der Waals surface area contributed by atoms with Gasteiger partial charge in [-0.15, -0.1) is 11.3 Å². The molecule has 5 rings (SSSR count). The quantitative estimate of drug-likeness (QED) is 0.372. The summed E-state index contributed by atoms with van der Waals surface area (Å²) < 4.78 is 0. The van der Waals surface area contributed by atoms with Crippen LogP contribution in [0.4, 0.5) is 11.6 Å². The van der Waals surface area contributed by atoms with Gasteiger partial charge in [0.25, 0.3) is 0 Å². The molecule has 3 heterocycles. The van der Waals surface area contributed by atoms with Crippen molar-refractivity contribution in [1.82, 2.24) is 9.97 Å². The molecule has 0 unspecified atom stereocenters. The zero-order valence-electron chi connectivity index (χ0n) is 16.0. The van der Waals surface area contributed by atoms with E-state index < -0.39 is 5.97 Å². The lowest BCUT2D eigenvalue weighted by atomic mass is 9.98. The van der Waals surface area contributed by atoms with Crippen molar-refractivity contribution in [2.24, 2.45) is 4.99 Å². The van der Waals surface area contributed by atoms with E-state index >= 15 is 0 Å². The van der Waals surface area contributed by atoms with Gasteiger partial charge in [0.2, 0.25) is 5.95 Å². The van der Waals surface area contributed by atoms with Gasteiger partial charge in [-0.25, -0.2) is 14.8 Å². The lowest BCUT2D eigenvalue weighted by Gasteiger charge is -2.12. The Morgan fingerprint density at radius 3 is 2.62 bits per heavy atom. The van der Waals surface area contributed by atoms with Gasteiger partial charge >= 0.3 is 5.97 Å². The Balaban J connectivity index is 0.00000245. The van der Waals surface area contributed by atoms with Crippen LogP contribution < -0.4 is 5.32 Å². The van der Waals surface area contributed by atoms with Gasteiger partial charge in [0.1, 0.15) is 0 Å². The molecule has 2 aromatic carbocycles. The maximum atomic E-state index is 11.1. The van der Waals surface area contributed by atoms with Crippen molar-refractivity contribution in [1.29, 1.82) is 0 Å². The molecule has 6 nitrogen and oxygen atoms in total. The van der Waals surface area contributed by atoms with Crippen LogP contribution in [0.2, 0.25) is 5.02 Å². The number of carboxylic acid groups (broad SMARTS) is 1. The molecule has 8 heteroatoms. The Morgan fingerprint density at radius 2 is 1.91 bits per heavy atom. The molecule has 1 aliphatic heterocycles. The monoisotopic (exact) mass is 462 g/mol. The molecule has 160 valence electrons. The third kappa shape index (κ3) is 4.12. The number of fused-ring (bicyclic) bond motifs is 3. The van der Waals surface area contributed by atoms with Crippen LogP contribution >= 0.6 is 22.9 Å². The van der Waals surface area contributed by atoms with Crippen LogP contribution in [-0.4, -0.2) is 26.8 Å². The molecule has 1 aliphatic rings. The van der Waals surface area contributed by atoms with Crippen LogP contribution in [0.1, 0.15) is 33.8 Å². The fraction of sp³-hybridized carbons (Fsp3) is 0.0833. The molecule has 0 bridgehead atoms. The molecule has 0 aliphatic carbocycles. The number of aromatic carboxylic acids is 1. The SMILES string of the molecule is C.O=C(O)c1ccc(Nc2ncc3c(n2)-c2ccc(Cl)cc2C(c2cccs2)=NC3)cc1. The van der Waals surface area contributed by atoms with Crippen molar-refractivity contribution in [3.63, 3.8) is 0 Å². The molecular formula is C24H19ClN4O2S. The number of anilines is 2. The molecule has 0 atom stereocenters. The highest BCUT2D eigenvalue weighted by Crippen LogP contribution is 2.34. The largest absolute Gasteiger partial charge is 0.478 e. The minimum atomic E-state index is -0.968. The average molecular weight is 463 g/mol. The topological polar surface area (TPSA) is 87.5 Å². The van der Waals surface area contributed by atoms with E-state index in [9.17, 15) is 4.79 Å². The number of nitrogens with one attached hydrogen (secondary N) is 1. The molecule has 2 aromatic heterocycles. The summed E-state index contributed by atoms with van der Waals surface area (Å²) in [6, 6.07) is 16.2. The number of carboxylic acids is 1. The van der Waals surface area contributed by atoms with Crippen LogP contribution in [0.25, 0.3) is 11.3 Å². The highest BCUT2D eigenvalue weighted by Gasteiger charge is 2.22. The summed E-state index contributed by atoms with van der Waals surface area (Å²) in [6.07, 6.45) is 1.77. The Hall–Kier alpha value is -3.55. The Kier molecular flexibility index (Phi) is 6.03. The first-order chi connectivity index (χ1) is 15.1. The number of aromatic nitrogens is 2. The summed E-state index contributed by atoms with van der Waals surface area (Å²) >= 11 is 7.95. The number of thiophene rings is 1. The number of rotatable bonds is 4.